The first-order valence-electron chi connectivity index (χ1n) is 5.97. The van der Waals surface area contributed by atoms with Crippen LogP contribution in [0.2, 0.25) is 0 Å². The van der Waals surface area contributed by atoms with Gasteiger partial charge in [-0.1, -0.05) is 27.2 Å². The van der Waals surface area contributed by atoms with Gasteiger partial charge in [-0.3, -0.25) is 4.79 Å². The number of nitrogens with zero attached hydrogens (tertiary/aromatic N) is 1. The number of carbonyl (C=O) groups excluding carboxylic acids is 1. The average molecular weight is 229 g/mol. The van der Waals surface area contributed by atoms with Crippen LogP contribution >= 0.6 is 0 Å². The molecule has 0 rings (SSSR count). The Morgan fingerprint density at radius 1 is 1.25 bits per heavy atom. The Bertz CT molecular complexity index is 238. The average Bonchev–Trinajstić information content (AvgIpc) is 2.20. The molecule has 0 saturated heterocycles. The van der Waals surface area contributed by atoms with Gasteiger partial charge in [0, 0.05) is 13.0 Å². The summed E-state index contributed by atoms with van der Waals surface area (Å²) in [5.74, 6) is -1.03. The van der Waals surface area contributed by atoms with E-state index in [4.69, 9.17) is 5.11 Å². The Hall–Kier alpha value is -1.06. The van der Waals surface area contributed by atoms with E-state index in [1.54, 1.807) is 0 Å². The molecule has 94 valence electrons. The molecule has 1 amide bonds. The zero-order valence-electron chi connectivity index (χ0n) is 10.7. The van der Waals surface area contributed by atoms with Crippen LogP contribution in [-0.2, 0) is 9.59 Å². The molecule has 1 atom stereocenters. The van der Waals surface area contributed by atoms with Crippen LogP contribution in [0.3, 0.4) is 0 Å². The van der Waals surface area contributed by atoms with Crippen molar-refractivity contribution in [3.8, 4) is 0 Å². The molecule has 1 unspecified atom stereocenters. The largest absolute Gasteiger partial charge is 0.480 e. The Morgan fingerprint density at radius 3 is 2.12 bits per heavy atom. The summed E-state index contributed by atoms with van der Waals surface area (Å²) in [5.41, 5.74) is 0. The van der Waals surface area contributed by atoms with Crippen molar-refractivity contribution in [2.45, 2.75) is 53.0 Å². The van der Waals surface area contributed by atoms with E-state index in [1.165, 1.54) is 4.90 Å². The maximum atomic E-state index is 11.8. The highest BCUT2D eigenvalue weighted by Crippen LogP contribution is 2.13. The van der Waals surface area contributed by atoms with Gasteiger partial charge >= 0.3 is 5.97 Å². The molecule has 0 bridgehead atoms. The van der Waals surface area contributed by atoms with Crippen LogP contribution in [0, 0.1) is 5.92 Å². The molecular formula is C12H23NO3. The molecule has 0 aliphatic carbocycles. The zero-order valence-corrected chi connectivity index (χ0v) is 10.7. The van der Waals surface area contributed by atoms with Crippen LogP contribution in [-0.4, -0.2) is 34.5 Å². The normalized spacial score (nSPS) is 12.6. The van der Waals surface area contributed by atoms with Gasteiger partial charge in [-0.25, -0.2) is 4.79 Å². The number of carbonyl (C=O) groups is 2. The summed E-state index contributed by atoms with van der Waals surface area (Å²) >= 11 is 0. The number of hydrogen-bond acceptors (Lipinski definition) is 2. The minimum Gasteiger partial charge on any atom is -0.480 e. The van der Waals surface area contributed by atoms with Gasteiger partial charge in [0.15, 0.2) is 0 Å². The molecular weight excluding hydrogens is 206 g/mol. The van der Waals surface area contributed by atoms with Crippen LogP contribution in [0.4, 0.5) is 0 Å². The summed E-state index contributed by atoms with van der Waals surface area (Å²) in [6.07, 6.45) is 2.21. The maximum Gasteiger partial charge on any atom is 0.326 e. The van der Waals surface area contributed by atoms with Crippen molar-refractivity contribution in [1.29, 1.82) is 0 Å². The number of rotatable bonds is 7. The summed E-state index contributed by atoms with van der Waals surface area (Å²) in [7, 11) is 0. The first kappa shape index (κ1) is 14.9. The Kier molecular flexibility index (Phi) is 6.77. The number of likely N-dealkylation sites (N-methyl/N-ethyl adjacent to an activating group) is 1. The smallest absolute Gasteiger partial charge is 0.326 e. The van der Waals surface area contributed by atoms with Crippen molar-refractivity contribution in [2.75, 3.05) is 6.54 Å². The lowest BCUT2D eigenvalue weighted by atomic mass is 10.0. The predicted molar refractivity (Wildman–Crippen MR) is 63.2 cm³/mol. The topological polar surface area (TPSA) is 57.6 Å². The molecule has 4 nitrogen and oxygen atoms in total. The SMILES string of the molecule is CCCCC(=O)N(CC)C(C(=O)O)C(C)C. The number of carboxylic acid groups (broad SMARTS) is 1. The molecule has 0 radical (unpaired) electrons. The fourth-order valence-electron chi connectivity index (χ4n) is 1.78. The van der Waals surface area contributed by atoms with E-state index in [0.29, 0.717) is 13.0 Å². The standard InChI is InChI=1S/C12H23NO3/c1-5-7-8-10(14)13(6-2)11(9(3)4)12(15)16/h9,11H,5-8H2,1-4H3,(H,15,16). The first-order chi connectivity index (χ1) is 7.45. The Balaban J connectivity index is 4.66. The number of amides is 1. The number of hydrogen-bond donors (Lipinski definition) is 1. The molecule has 0 spiro atoms. The molecule has 4 heteroatoms. The molecule has 1 N–H and O–H groups in total. The van der Waals surface area contributed by atoms with E-state index in [2.05, 4.69) is 0 Å². The van der Waals surface area contributed by atoms with Crippen molar-refractivity contribution in [1.82, 2.24) is 4.90 Å². The van der Waals surface area contributed by atoms with E-state index < -0.39 is 12.0 Å². The first-order valence-corrected chi connectivity index (χ1v) is 5.97. The Labute approximate surface area is 97.6 Å². The third-order valence-electron chi connectivity index (χ3n) is 2.63. The third kappa shape index (κ3) is 4.21. The van der Waals surface area contributed by atoms with Crippen molar-refractivity contribution in [3.05, 3.63) is 0 Å². The fourth-order valence-corrected chi connectivity index (χ4v) is 1.78. The van der Waals surface area contributed by atoms with Gasteiger partial charge in [0.25, 0.3) is 0 Å². The highest BCUT2D eigenvalue weighted by molar-refractivity contribution is 5.83. The van der Waals surface area contributed by atoms with Crippen molar-refractivity contribution >= 4 is 11.9 Å². The monoisotopic (exact) mass is 229 g/mol. The minimum absolute atomic E-state index is 0.0505. The highest BCUT2D eigenvalue weighted by Gasteiger charge is 2.30. The lowest BCUT2D eigenvalue weighted by Gasteiger charge is -2.30. The van der Waals surface area contributed by atoms with Gasteiger partial charge < -0.3 is 10.0 Å². The lowest BCUT2D eigenvalue weighted by molar-refractivity contribution is -0.152. The van der Waals surface area contributed by atoms with Crippen LogP contribution in [0.25, 0.3) is 0 Å². The minimum atomic E-state index is -0.915. The quantitative estimate of drug-likeness (QED) is 0.727. The van der Waals surface area contributed by atoms with E-state index in [0.717, 1.165) is 12.8 Å². The van der Waals surface area contributed by atoms with Crippen LogP contribution in [0.5, 0.6) is 0 Å². The molecule has 0 aliphatic heterocycles. The van der Waals surface area contributed by atoms with E-state index in [-0.39, 0.29) is 11.8 Å². The molecule has 0 aromatic heterocycles. The highest BCUT2D eigenvalue weighted by atomic mass is 16.4. The molecule has 0 heterocycles. The van der Waals surface area contributed by atoms with Gasteiger partial charge in [0.2, 0.25) is 5.91 Å². The van der Waals surface area contributed by atoms with Crippen LogP contribution < -0.4 is 0 Å². The third-order valence-corrected chi connectivity index (χ3v) is 2.63. The molecule has 0 aromatic rings. The zero-order chi connectivity index (χ0) is 12.7. The van der Waals surface area contributed by atoms with Crippen molar-refractivity contribution in [2.24, 2.45) is 5.92 Å². The van der Waals surface area contributed by atoms with Gasteiger partial charge in [-0.05, 0) is 19.3 Å². The molecule has 0 saturated carbocycles. The van der Waals surface area contributed by atoms with E-state index >= 15 is 0 Å². The summed E-state index contributed by atoms with van der Waals surface area (Å²) in [6, 6.07) is -0.700. The summed E-state index contributed by atoms with van der Waals surface area (Å²) in [5, 5.41) is 9.13. The fraction of sp³-hybridized carbons (Fsp3) is 0.833. The van der Waals surface area contributed by atoms with Gasteiger partial charge in [-0.15, -0.1) is 0 Å². The van der Waals surface area contributed by atoms with Gasteiger partial charge in [-0.2, -0.15) is 0 Å². The van der Waals surface area contributed by atoms with Crippen LogP contribution in [0.1, 0.15) is 47.0 Å². The lowest BCUT2D eigenvalue weighted by Crippen LogP contribution is -2.47. The summed E-state index contributed by atoms with van der Waals surface area (Å²) < 4.78 is 0. The van der Waals surface area contributed by atoms with E-state index in [1.807, 2.05) is 27.7 Å². The van der Waals surface area contributed by atoms with Gasteiger partial charge in [0.1, 0.15) is 6.04 Å². The second-order valence-corrected chi connectivity index (χ2v) is 4.31. The molecule has 0 aromatic carbocycles. The number of carboxylic acids is 1. The van der Waals surface area contributed by atoms with Crippen molar-refractivity contribution < 1.29 is 14.7 Å². The van der Waals surface area contributed by atoms with Crippen LogP contribution in [0.15, 0.2) is 0 Å². The summed E-state index contributed by atoms with van der Waals surface area (Å²) in [4.78, 5) is 24.4. The summed E-state index contributed by atoms with van der Waals surface area (Å²) in [6.45, 7) is 7.95. The number of aliphatic carboxylic acids is 1. The van der Waals surface area contributed by atoms with E-state index in [9.17, 15) is 9.59 Å². The van der Waals surface area contributed by atoms with Crippen molar-refractivity contribution in [3.63, 3.8) is 0 Å². The predicted octanol–water partition coefficient (Wildman–Crippen LogP) is 2.13. The number of unbranched alkanes of at least 4 members (excludes halogenated alkanes) is 1. The molecule has 16 heavy (non-hydrogen) atoms. The Morgan fingerprint density at radius 2 is 1.81 bits per heavy atom. The molecule has 0 aliphatic rings. The molecule has 0 fully saturated rings. The second kappa shape index (κ2) is 7.25. The second-order valence-electron chi connectivity index (χ2n) is 4.31. The van der Waals surface area contributed by atoms with Gasteiger partial charge in [0.05, 0.1) is 0 Å². The maximum absolute atomic E-state index is 11.8.